The highest BCUT2D eigenvalue weighted by molar-refractivity contribution is 5.78. The molecule has 0 bridgehead atoms. The van der Waals surface area contributed by atoms with E-state index in [0.717, 1.165) is 5.39 Å². The third-order valence-electron chi connectivity index (χ3n) is 2.94. The van der Waals surface area contributed by atoms with Crippen molar-refractivity contribution < 1.29 is 23.8 Å². The van der Waals surface area contributed by atoms with Gasteiger partial charge in [-0.1, -0.05) is 0 Å². The van der Waals surface area contributed by atoms with Crippen LogP contribution >= 0.6 is 0 Å². The summed E-state index contributed by atoms with van der Waals surface area (Å²) in [5.41, 5.74) is 0.130. The Morgan fingerprint density at radius 3 is 2.86 bits per heavy atom. The van der Waals surface area contributed by atoms with Crippen LogP contribution in [-0.4, -0.2) is 24.8 Å². The Balaban J connectivity index is 2.15. The summed E-state index contributed by atoms with van der Waals surface area (Å²) in [5.74, 6) is 0.132. The molecule has 0 spiro atoms. The van der Waals surface area contributed by atoms with E-state index in [-0.39, 0.29) is 25.2 Å². The standard InChI is InChI=1S/C15H16O6/c1-19-12-5-4-10-7-11(15(18)21-13(10)8-12)9-20-14(17)3-2-6-16/h4-5,7-8,16H,2-3,6,9H2,1H3. The van der Waals surface area contributed by atoms with Gasteiger partial charge in [0.25, 0.3) is 0 Å². The molecule has 1 aromatic carbocycles. The molecule has 0 aliphatic rings. The number of fused-ring (bicyclic) bond motifs is 1. The van der Waals surface area contributed by atoms with Gasteiger partial charge < -0.3 is 19.0 Å². The Labute approximate surface area is 120 Å². The lowest BCUT2D eigenvalue weighted by Gasteiger charge is -2.05. The van der Waals surface area contributed by atoms with Gasteiger partial charge in [0.2, 0.25) is 0 Å². The molecule has 1 aromatic heterocycles. The largest absolute Gasteiger partial charge is 0.497 e. The maximum absolute atomic E-state index is 11.8. The Bertz CT molecular complexity index is 688. The van der Waals surface area contributed by atoms with E-state index in [1.807, 2.05) is 0 Å². The zero-order chi connectivity index (χ0) is 15.2. The Morgan fingerprint density at radius 2 is 2.14 bits per heavy atom. The molecular weight excluding hydrogens is 276 g/mol. The van der Waals surface area contributed by atoms with E-state index in [0.29, 0.717) is 17.8 Å². The number of methoxy groups -OCH3 is 1. The lowest BCUT2D eigenvalue weighted by molar-refractivity contribution is -0.145. The van der Waals surface area contributed by atoms with E-state index in [1.165, 1.54) is 7.11 Å². The second kappa shape index (κ2) is 6.90. The van der Waals surface area contributed by atoms with Gasteiger partial charge in [-0.15, -0.1) is 0 Å². The van der Waals surface area contributed by atoms with E-state index in [9.17, 15) is 9.59 Å². The molecule has 0 saturated carbocycles. The van der Waals surface area contributed by atoms with Crippen LogP contribution in [0, 0.1) is 0 Å². The smallest absolute Gasteiger partial charge is 0.342 e. The molecule has 21 heavy (non-hydrogen) atoms. The van der Waals surface area contributed by atoms with Crippen molar-refractivity contribution in [3.63, 3.8) is 0 Å². The Morgan fingerprint density at radius 1 is 1.33 bits per heavy atom. The highest BCUT2D eigenvalue weighted by Gasteiger charge is 2.09. The molecule has 2 rings (SSSR count). The minimum atomic E-state index is -0.550. The molecular formula is C15H16O6. The number of rotatable bonds is 6. The maximum atomic E-state index is 11.8. The lowest BCUT2D eigenvalue weighted by atomic mass is 10.2. The van der Waals surface area contributed by atoms with Crippen molar-refractivity contribution in [1.29, 1.82) is 0 Å². The predicted molar refractivity (Wildman–Crippen MR) is 75.2 cm³/mol. The first-order valence-electron chi connectivity index (χ1n) is 6.51. The van der Waals surface area contributed by atoms with Crippen LogP contribution in [0.3, 0.4) is 0 Å². The Hall–Kier alpha value is -2.34. The first-order valence-corrected chi connectivity index (χ1v) is 6.51. The van der Waals surface area contributed by atoms with Crippen molar-refractivity contribution in [3.05, 3.63) is 40.2 Å². The van der Waals surface area contributed by atoms with Crippen molar-refractivity contribution >= 4 is 16.9 Å². The van der Waals surface area contributed by atoms with Crippen molar-refractivity contribution in [3.8, 4) is 5.75 Å². The second-order valence-electron chi connectivity index (χ2n) is 4.45. The highest BCUT2D eigenvalue weighted by atomic mass is 16.5. The summed E-state index contributed by atoms with van der Waals surface area (Å²) in [6.07, 6.45) is 0.456. The predicted octanol–water partition coefficient (Wildman–Crippen LogP) is 1.62. The summed E-state index contributed by atoms with van der Waals surface area (Å²) in [7, 11) is 1.53. The fourth-order valence-corrected chi connectivity index (χ4v) is 1.82. The number of benzene rings is 1. The first kappa shape index (κ1) is 15.1. The van der Waals surface area contributed by atoms with E-state index >= 15 is 0 Å². The van der Waals surface area contributed by atoms with Crippen LogP contribution in [0.4, 0.5) is 0 Å². The third-order valence-corrected chi connectivity index (χ3v) is 2.94. The summed E-state index contributed by atoms with van der Waals surface area (Å²) < 4.78 is 15.2. The Kier molecular flexibility index (Phi) is 4.94. The van der Waals surface area contributed by atoms with Gasteiger partial charge in [0.05, 0.1) is 12.7 Å². The molecule has 0 aliphatic heterocycles. The number of esters is 1. The summed E-state index contributed by atoms with van der Waals surface area (Å²) in [6, 6.07) is 6.75. The number of hydrogen-bond donors (Lipinski definition) is 1. The molecule has 1 N–H and O–H groups in total. The van der Waals surface area contributed by atoms with Gasteiger partial charge in [0.1, 0.15) is 17.9 Å². The van der Waals surface area contributed by atoms with Gasteiger partial charge in [-0.25, -0.2) is 4.79 Å². The molecule has 0 amide bonds. The average molecular weight is 292 g/mol. The summed E-state index contributed by atoms with van der Waals surface area (Å²) in [5, 5.41) is 9.34. The van der Waals surface area contributed by atoms with E-state index in [2.05, 4.69) is 0 Å². The molecule has 0 radical (unpaired) electrons. The van der Waals surface area contributed by atoms with Crippen LogP contribution in [0.15, 0.2) is 33.5 Å². The molecule has 6 nitrogen and oxygen atoms in total. The molecule has 0 saturated heterocycles. The fourth-order valence-electron chi connectivity index (χ4n) is 1.82. The number of carbonyl (C=O) groups is 1. The van der Waals surface area contributed by atoms with Crippen LogP contribution in [0.5, 0.6) is 5.75 Å². The van der Waals surface area contributed by atoms with Crippen LogP contribution < -0.4 is 10.4 Å². The summed E-state index contributed by atoms with van der Waals surface area (Å²) in [6.45, 7) is -0.219. The number of carbonyl (C=O) groups excluding carboxylic acids is 1. The minimum absolute atomic E-state index is 0.0744. The van der Waals surface area contributed by atoms with Gasteiger partial charge >= 0.3 is 11.6 Å². The van der Waals surface area contributed by atoms with Crippen LogP contribution in [0.2, 0.25) is 0 Å². The number of hydrogen-bond acceptors (Lipinski definition) is 6. The SMILES string of the molecule is COc1ccc2cc(COC(=O)CCCO)c(=O)oc2c1. The van der Waals surface area contributed by atoms with Crippen LogP contribution in [-0.2, 0) is 16.1 Å². The van der Waals surface area contributed by atoms with E-state index in [1.54, 1.807) is 24.3 Å². The molecule has 2 aromatic rings. The minimum Gasteiger partial charge on any atom is -0.497 e. The van der Waals surface area contributed by atoms with Gasteiger partial charge in [0.15, 0.2) is 0 Å². The molecule has 1 heterocycles. The van der Waals surface area contributed by atoms with Gasteiger partial charge in [-0.2, -0.15) is 0 Å². The van der Waals surface area contributed by atoms with Crippen molar-refractivity contribution in [2.75, 3.05) is 13.7 Å². The monoisotopic (exact) mass is 292 g/mol. The average Bonchev–Trinajstić information content (AvgIpc) is 2.50. The van der Waals surface area contributed by atoms with E-state index in [4.69, 9.17) is 19.0 Å². The highest BCUT2D eigenvalue weighted by Crippen LogP contribution is 2.20. The number of ether oxygens (including phenoxy) is 2. The topological polar surface area (TPSA) is 86.0 Å². The first-order chi connectivity index (χ1) is 10.1. The zero-order valence-electron chi connectivity index (χ0n) is 11.6. The molecule has 0 unspecified atom stereocenters. The quantitative estimate of drug-likeness (QED) is 0.643. The van der Waals surface area contributed by atoms with Crippen molar-refractivity contribution in [2.45, 2.75) is 19.4 Å². The maximum Gasteiger partial charge on any atom is 0.342 e. The summed E-state index contributed by atoms with van der Waals surface area (Å²) in [4.78, 5) is 23.2. The van der Waals surface area contributed by atoms with Crippen molar-refractivity contribution in [1.82, 2.24) is 0 Å². The van der Waals surface area contributed by atoms with E-state index < -0.39 is 11.6 Å². The molecule has 0 aliphatic carbocycles. The molecule has 0 atom stereocenters. The molecule has 0 fully saturated rings. The van der Waals surface area contributed by atoms with Crippen molar-refractivity contribution in [2.24, 2.45) is 0 Å². The van der Waals surface area contributed by atoms with Gasteiger partial charge in [-0.3, -0.25) is 4.79 Å². The van der Waals surface area contributed by atoms with Gasteiger partial charge in [-0.05, 0) is 24.6 Å². The number of aliphatic hydroxyl groups excluding tert-OH is 1. The summed E-state index contributed by atoms with van der Waals surface area (Å²) >= 11 is 0. The lowest BCUT2D eigenvalue weighted by Crippen LogP contribution is -2.12. The van der Waals surface area contributed by atoms with Crippen LogP contribution in [0.25, 0.3) is 11.0 Å². The molecule has 112 valence electrons. The molecule has 6 heteroatoms. The third kappa shape index (κ3) is 3.82. The number of aliphatic hydroxyl groups is 1. The van der Waals surface area contributed by atoms with Crippen LogP contribution in [0.1, 0.15) is 18.4 Å². The normalized spacial score (nSPS) is 10.6. The van der Waals surface area contributed by atoms with Gasteiger partial charge in [0, 0.05) is 24.5 Å². The zero-order valence-corrected chi connectivity index (χ0v) is 11.6. The fraction of sp³-hybridized carbons (Fsp3) is 0.333. The second-order valence-corrected chi connectivity index (χ2v) is 4.45.